The van der Waals surface area contributed by atoms with E-state index in [4.69, 9.17) is 5.26 Å². The summed E-state index contributed by atoms with van der Waals surface area (Å²) in [6, 6.07) is 10.5. The Morgan fingerprint density at radius 1 is 1.35 bits per heavy atom. The highest BCUT2D eigenvalue weighted by Crippen LogP contribution is 2.13. The van der Waals surface area contributed by atoms with E-state index in [2.05, 4.69) is 10.4 Å². The van der Waals surface area contributed by atoms with Crippen LogP contribution in [0.25, 0.3) is 0 Å². The second kappa shape index (κ2) is 5.80. The molecule has 6 heteroatoms. The van der Waals surface area contributed by atoms with Crippen LogP contribution < -0.4 is 5.32 Å². The molecule has 2 aromatic rings. The summed E-state index contributed by atoms with van der Waals surface area (Å²) in [5.74, 6) is -0.457. The fraction of sp³-hybridized carbons (Fsp3) is 0.143. The van der Waals surface area contributed by atoms with Gasteiger partial charge in [0.2, 0.25) is 5.91 Å². The summed E-state index contributed by atoms with van der Waals surface area (Å²) in [7, 11) is 1.61. The molecule has 0 aliphatic heterocycles. The first-order valence-electron chi connectivity index (χ1n) is 5.92. The molecular formula is C14H12N4O2. The number of hydrogen-bond donors (Lipinski definition) is 1. The number of rotatable bonds is 4. The van der Waals surface area contributed by atoms with Gasteiger partial charge >= 0.3 is 0 Å². The summed E-state index contributed by atoms with van der Waals surface area (Å²) in [6.45, 7) is 0. The van der Waals surface area contributed by atoms with Gasteiger partial charge in [-0.15, -0.1) is 0 Å². The van der Waals surface area contributed by atoms with Crippen molar-refractivity contribution in [3.8, 4) is 6.07 Å². The maximum Gasteiger partial charge on any atom is 0.233 e. The molecule has 1 aromatic heterocycles. The molecule has 6 nitrogen and oxygen atoms in total. The van der Waals surface area contributed by atoms with Gasteiger partial charge < -0.3 is 5.32 Å². The fourth-order valence-corrected chi connectivity index (χ4v) is 1.72. The Morgan fingerprint density at radius 3 is 2.70 bits per heavy atom. The minimum absolute atomic E-state index is 0.257. The van der Waals surface area contributed by atoms with E-state index < -0.39 is 5.91 Å². The molecule has 0 spiro atoms. The number of Topliss-reactive ketones (excluding diaryl/α,β-unsaturated/α-hetero) is 1. The average molecular weight is 268 g/mol. The summed E-state index contributed by atoms with van der Waals surface area (Å²) < 4.78 is 1.38. The van der Waals surface area contributed by atoms with Crippen molar-refractivity contribution in [1.82, 2.24) is 9.78 Å². The third-order valence-electron chi connectivity index (χ3n) is 2.73. The molecule has 100 valence electrons. The van der Waals surface area contributed by atoms with E-state index in [1.165, 1.54) is 10.9 Å². The van der Waals surface area contributed by atoms with Gasteiger partial charge in [-0.25, -0.2) is 0 Å². The summed E-state index contributed by atoms with van der Waals surface area (Å²) in [5.41, 5.74) is 0.737. The van der Waals surface area contributed by atoms with Gasteiger partial charge in [-0.3, -0.25) is 14.3 Å². The Hall–Kier alpha value is -2.94. The molecule has 0 aliphatic carbocycles. The van der Waals surface area contributed by atoms with Crippen LogP contribution in [-0.2, 0) is 11.8 Å². The van der Waals surface area contributed by atoms with Gasteiger partial charge in [0.15, 0.2) is 5.78 Å². The van der Waals surface area contributed by atoms with Crippen LogP contribution in [0.15, 0.2) is 36.5 Å². The number of hydrogen-bond acceptors (Lipinski definition) is 4. The maximum absolute atomic E-state index is 11.9. The molecule has 0 saturated carbocycles. The van der Waals surface area contributed by atoms with Crippen molar-refractivity contribution in [3.05, 3.63) is 47.7 Å². The number of ketones is 1. The Bertz CT molecular complexity index is 683. The number of nitriles is 1. The van der Waals surface area contributed by atoms with Crippen LogP contribution in [0.3, 0.4) is 0 Å². The summed E-state index contributed by atoms with van der Waals surface area (Å²) in [6.07, 6.45) is 1.08. The molecule has 0 radical (unpaired) electrons. The molecule has 0 saturated heterocycles. The zero-order chi connectivity index (χ0) is 14.5. The van der Waals surface area contributed by atoms with Crippen LogP contribution in [0.2, 0.25) is 0 Å². The van der Waals surface area contributed by atoms with Crippen LogP contribution in [0.5, 0.6) is 0 Å². The first kappa shape index (κ1) is 13.5. The monoisotopic (exact) mass is 268 g/mol. The number of amides is 1. The minimum Gasteiger partial charge on any atom is -0.309 e. The molecule has 0 fully saturated rings. The van der Waals surface area contributed by atoms with Gasteiger partial charge in [-0.2, -0.15) is 10.4 Å². The van der Waals surface area contributed by atoms with Crippen LogP contribution in [0.1, 0.15) is 22.3 Å². The van der Waals surface area contributed by atoms with Crippen molar-refractivity contribution in [2.24, 2.45) is 7.05 Å². The first-order chi connectivity index (χ1) is 9.61. The second-order valence-corrected chi connectivity index (χ2v) is 4.16. The zero-order valence-corrected chi connectivity index (χ0v) is 10.8. The average Bonchev–Trinajstić information content (AvgIpc) is 2.80. The van der Waals surface area contributed by atoms with Gasteiger partial charge in [-0.1, -0.05) is 30.3 Å². The van der Waals surface area contributed by atoms with Gasteiger partial charge in [0.1, 0.15) is 17.5 Å². The minimum atomic E-state index is -0.473. The van der Waals surface area contributed by atoms with Crippen LogP contribution in [-0.4, -0.2) is 21.5 Å². The molecule has 1 N–H and O–H groups in total. The normalized spacial score (nSPS) is 9.80. The van der Waals surface area contributed by atoms with Crippen LogP contribution in [0, 0.1) is 11.3 Å². The number of anilines is 1. The Balaban J connectivity index is 2.05. The number of carbonyl (C=O) groups is 2. The molecule has 1 heterocycles. The highest BCUT2D eigenvalue weighted by atomic mass is 16.2. The predicted octanol–water partition coefficient (Wildman–Crippen LogP) is 1.50. The third-order valence-corrected chi connectivity index (χ3v) is 2.73. The molecular weight excluding hydrogens is 256 g/mol. The van der Waals surface area contributed by atoms with Gasteiger partial charge in [0, 0.05) is 12.6 Å². The molecule has 0 bridgehead atoms. The molecule has 2 rings (SSSR count). The van der Waals surface area contributed by atoms with E-state index in [1.54, 1.807) is 37.4 Å². The number of carbonyl (C=O) groups excluding carboxylic acids is 2. The largest absolute Gasteiger partial charge is 0.309 e. The van der Waals surface area contributed by atoms with Crippen molar-refractivity contribution >= 4 is 17.5 Å². The standard InChI is InChI=1S/C14H12N4O2/c1-18-14(11(8-15)9-16-18)17-13(20)7-12(19)10-5-3-2-4-6-10/h2-6,9H,7H2,1H3,(H,17,20). The molecule has 0 unspecified atom stereocenters. The van der Waals surface area contributed by atoms with E-state index in [0.717, 1.165) is 0 Å². The van der Waals surface area contributed by atoms with Crippen molar-refractivity contribution in [2.75, 3.05) is 5.32 Å². The lowest BCUT2D eigenvalue weighted by Gasteiger charge is -2.05. The van der Waals surface area contributed by atoms with E-state index in [-0.39, 0.29) is 17.8 Å². The zero-order valence-electron chi connectivity index (χ0n) is 10.8. The smallest absolute Gasteiger partial charge is 0.233 e. The lowest BCUT2D eigenvalue weighted by Crippen LogP contribution is -2.19. The Morgan fingerprint density at radius 2 is 2.05 bits per heavy atom. The van der Waals surface area contributed by atoms with Crippen molar-refractivity contribution in [1.29, 1.82) is 5.26 Å². The third kappa shape index (κ3) is 2.90. The molecule has 1 amide bonds. The predicted molar refractivity (Wildman–Crippen MR) is 71.9 cm³/mol. The van der Waals surface area contributed by atoms with Gasteiger partial charge in [0.25, 0.3) is 0 Å². The van der Waals surface area contributed by atoms with Gasteiger partial charge in [0.05, 0.1) is 12.6 Å². The molecule has 20 heavy (non-hydrogen) atoms. The Labute approximate surface area is 115 Å². The van der Waals surface area contributed by atoms with E-state index in [9.17, 15) is 9.59 Å². The van der Waals surface area contributed by atoms with E-state index in [0.29, 0.717) is 11.4 Å². The number of nitrogens with zero attached hydrogens (tertiary/aromatic N) is 3. The lowest BCUT2D eigenvalue weighted by molar-refractivity contribution is -0.115. The topological polar surface area (TPSA) is 87.8 Å². The SMILES string of the molecule is Cn1ncc(C#N)c1NC(=O)CC(=O)c1ccccc1. The second-order valence-electron chi connectivity index (χ2n) is 4.16. The Kier molecular flexibility index (Phi) is 3.91. The lowest BCUT2D eigenvalue weighted by atomic mass is 10.1. The van der Waals surface area contributed by atoms with Crippen molar-refractivity contribution in [2.45, 2.75) is 6.42 Å². The highest BCUT2D eigenvalue weighted by Gasteiger charge is 2.15. The molecule has 0 atom stereocenters. The summed E-state index contributed by atoms with van der Waals surface area (Å²) in [5, 5.41) is 15.3. The van der Waals surface area contributed by atoms with Crippen LogP contribution in [0.4, 0.5) is 5.82 Å². The number of aryl methyl sites for hydroxylation is 1. The molecule has 0 aliphatic rings. The first-order valence-corrected chi connectivity index (χ1v) is 5.92. The number of aromatic nitrogens is 2. The number of nitrogens with one attached hydrogen (secondary N) is 1. The number of benzene rings is 1. The van der Waals surface area contributed by atoms with Crippen LogP contribution >= 0.6 is 0 Å². The van der Waals surface area contributed by atoms with Gasteiger partial charge in [-0.05, 0) is 0 Å². The maximum atomic E-state index is 11.9. The van der Waals surface area contributed by atoms with Crippen molar-refractivity contribution in [3.63, 3.8) is 0 Å². The fourth-order valence-electron chi connectivity index (χ4n) is 1.72. The molecule has 1 aromatic carbocycles. The van der Waals surface area contributed by atoms with E-state index in [1.807, 2.05) is 6.07 Å². The summed E-state index contributed by atoms with van der Waals surface area (Å²) in [4.78, 5) is 23.7. The highest BCUT2D eigenvalue weighted by molar-refractivity contribution is 6.11. The summed E-state index contributed by atoms with van der Waals surface area (Å²) >= 11 is 0. The quantitative estimate of drug-likeness (QED) is 0.672. The van der Waals surface area contributed by atoms with Crippen molar-refractivity contribution < 1.29 is 9.59 Å². The van der Waals surface area contributed by atoms with E-state index >= 15 is 0 Å².